The van der Waals surface area contributed by atoms with Crippen LogP contribution in [0.2, 0.25) is 0 Å². The van der Waals surface area contributed by atoms with E-state index in [1.54, 1.807) is 0 Å². The van der Waals surface area contributed by atoms with Crippen molar-refractivity contribution in [1.29, 1.82) is 0 Å². The number of nitrogens with two attached hydrogens (primary N) is 1. The van der Waals surface area contributed by atoms with E-state index in [0.717, 1.165) is 37.8 Å². The molecule has 1 aliphatic rings. The number of hydrogen-bond acceptors (Lipinski definition) is 6. The highest BCUT2D eigenvalue weighted by Gasteiger charge is 2.21. The molecule has 2 heterocycles. The fourth-order valence-electron chi connectivity index (χ4n) is 2.45. The summed E-state index contributed by atoms with van der Waals surface area (Å²) in [5, 5.41) is 0. The summed E-state index contributed by atoms with van der Waals surface area (Å²) in [6.45, 7) is 11.3. The van der Waals surface area contributed by atoms with Crippen LogP contribution >= 0.6 is 0 Å². The summed E-state index contributed by atoms with van der Waals surface area (Å²) >= 11 is 0. The lowest BCUT2D eigenvalue weighted by molar-refractivity contribution is 0.201. The summed E-state index contributed by atoms with van der Waals surface area (Å²) in [4.78, 5) is 13.5. The number of rotatable bonds is 5. The molecule has 0 bridgehead atoms. The second kappa shape index (κ2) is 6.85. The molecule has 1 aromatic rings. The van der Waals surface area contributed by atoms with Crippen molar-refractivity contribution >= 4 is 5.82 Å². The van der Waals surface area contributed by atoms with Gasteiger partial charge in [-0.25, -0.2) is 4.98 Å². The predicted molar refractivity (Wildman–Crippen MR) is 80.2 cm³/mol. The van der Waals surface area contributed by atoms with Crippen molar-refractivity contribution in [3.63, 3.8) is 0 Å². The minimum absolute atomic E-state index is 0.447. The van der Waals surface area contributed by atoms with Gasteiger partial charge in [-0.1, -0.05) is 0 Å². The third kappa shape index (κ3) is 3.58. The fourth-order valence-corrected chi connectivity index (χ4v) is 2.45. The molecule has 1 aromatic heterocycles. The molecule has 0 saturated carbocycles. The van der Waals surface area contributed by atoms with E-state index in [0.29, 0.717) is 25.1 Å². The van der Waals surface area contributed by atoms with Crippen LogP contribution in [0.4, 0.5) is 5.82 Å². The first-order chi connectivity index (χ1) is 9.63. The van der Waals surface area contributed by atoms with Gasteiger partial charge in [-0.15, -0.1) is 0 Å². The van der Waals surface area contributed by atoms with Crippen molar-refractivity contribution in [1.82, 2.24) is 14.9 Å². The summed E-state index contributed by atoms with van der Waals surface area (Å²) in [5.74, 6) is 2.37. The van der Waals surface area contributed by atoms with E-state index in [1.165, 1.54) is 0 Å². The van der Waals surface area contributed by atoms with Crippen LogP contribution in [0.15, 0.2) is 6.07 Å². The molecule has 1 fully saturated rings. The smallest absolute Gasteiger partial charge is 0.218 e. The van der Waals surface area contributed by atoms with Gasteiger partial charge in [0.25, 0.3) is 0 Å². The molecule has 112 valence electrons. The number of aromatic nitrogens is 2. The Bertz CT molecular complexity index is 432. The van der Waals surface area contributed by atoms with Gasteiger partial charge in [0.2, 0.25) is 5.88 Å². The number of anilines is 1. The highest BCUT2D eigenvalue weighted by Crippen LogP contribution is 2.19. The van der Waals surface area contributed by atoms with Crippen LogP contribution in [0.5, 0.6) is 5.88 Å². The van der Waals surface area contributed by atoms with Crippen molar-refractivity contribution in [3.05, 3.63) is 11.9 Å². The molecule has 0 aliphatic carbocycles. The number of hydrogen-bond donors (Lipinski definition) is 1. The minimum atomic E-state index is 0.447. The molecule has 1 saturated heterocycles. The Balaban J connectivity index is 2.03. The molecule has 1 atom stereocenters. The van der Waals surface area contributed by atoms with Crippen LogP contribution in [0.3, 0.4) is 0 Å². The summed E-state index contributed by atoms with van der Waals surface area (Å²) in [7, 11) is 0. The predicted octanol–water partition coefficient (Wildman–Crippen LogP) is 0.653. The van der Waals surface area contributed by atoms with Gasteiger partial charge in [0.05, 0.1) is 6.61 Å². The van der Waals surface area contributed by atoms with E-state index in [9.17, 15) is 0 Å². The van der Waals surface area contributed by atoms with Crippen LogP contribution < -0.4 is 15.4 Å². The average Bonchev–Trinajstić information content (AvgIpc) is 2.46. The molecule has 20 heavy (non-hydrogen) atoms. The van der Waals surface area contributed by atoms with Crippen molar-refractivity contribution < 1.29 is 4.74 Å². The molecule has 0 aromatic carbocycles. The summed E-state index contributed by atoms with van der Waals surface area (Å²) < 4.78 is 5.49. The van der Waals surface area contributed by atoms with E-state index in [2.05, 4.69) is 26.7 Å². The van der Waals surface area contributed by atoms with Gasteiger partial charge in [0.1, 0.15) is 11.6 Å². The van der Waals surface area contributed by atoms with E-state index < -0.39 is 0 Å². The van der Waals surface area contributed by atoms with Crippen LogP contribution in [-0.2, 0) is 0 Å². The standard InChI is InChI=1S/C14H25N5O/c1-4-20-14-9-13(16-12(3)17-14)19-7-5-18(6-8-19)11(2)10-15/h9,11H,4-8,10,15H2,1-3H3. The Hall–Kier alpha value is -1.40. The fraction of sp³-hybridized carbons (Fsp3) is 0.714. The van der Waals surface area contributed by atoms with E-state index in [-0.39, 0.29) is 0 Å². The molecule has 6 heteroatoms. The highest BCUT2D eigenvalue weighted by molar-refractivity contribution is 5.42. The largest absolute Gasteiger partial charge is 0.478 e. The second-order valence-corrected chi connectivity index (χ2v) is 5.15. The molecule has 0 amide bonds. The Labute approximate surface area is 120 Å². The lowest BCUT2D eigenvalue weighted by Gasteiger charge is -2.38. The minimum Gasteiger partial charge on any atom is -0.478 e. The Morgan fingerprint density at radius 2 is 2.00 bits per heavy atom. The average molecular weight is 279 g/mol. The molecule has 6 nitrogen and oxygen atoms in total. The quantitative estimate of drug-likeness (QED) is 0.854. The maximum atomic E-state index is 5.73. The van der Waals surface area contributed by atoms with Gasteiger partial charge in [-0.3, -0.25) is 4.90 Å². The zero-order chi connectivity index (χ0) is 14.5. The Kier molecular flexibility index (Phi) is 5.14. The van der Waals surface area contributed by atoms with Gasteiger partial charge in [0, 0.05) is 44.8 Å². The highest BCUT2D eigenvalue weighted by atomic mass is 16.5. The van der Waals surface area contributed by atoms with Crippen LogP contribution in [-0.4, -0.2) is 60.2 Å². The molecule has 2 N–H and O–H groups in total. The molecule has 1 aliphatic heterocycles. The third-order valence-corrected chi connectivity index (χ3v) is 3.70. The lowest BCUT2D eigenvalue weighted by atomic mass is 10.2. The normalized spacial score (nSPS) is 18.1. The third-order valence-electron chi connectivity index (χ3n) is 3.70. The molecule has 2 rings (SSSR count). The van der Waals surface area contributed by atoms with Gasteiger partial charge < -0.3 is 15.4 Å². The first kappa shape index (κ1) is 15.0. The lowest BCUT2D eigenvalue weighted by Crippen LogP contribution is -2.51. The Morgan fingerprint density at radius 1 is 1.30 bits per heavy atom. The van der Waals surface area contributed by atoms with Crippen molar-refractivity contribution in [2.45, 2.75) is 26.8 Å². The zero-order valence-electron chi connectivity index (χ0n) is 12.7. The molecule has 0 spiro atoms. The van der Waals surface area contributed by atoms with Crippen molar-refractivity contribution in [2.24, 2.45) is 5.73 Å². The second-order valence-electron chi connectivity index (χ2n) is 5.15. The molecular formula is C14H25N5O. The van der Waals surface area contributed by atoms with Gasteiger partial charge in [-0.2, -0.15) is 4.98 Å². The summed E-state index contributed by atoms with van der Waals surface area (Å²) in [6, 6.07) is 2.38. The summed E-state index contributed by atoms with van der Waals surface area (Å²) in [6.07, 6.45) is 0. The SMILES string of the molecule is CCOc1cc(N2CCN(C(C)CN)CC2)nc(C)n1. The van der Waals surface area contributed by atoms with E-state index in [4.69, 9.17) is 10.5 Å². The maximum absolute atomic E-state index is 5.73. The number of nitrogens with zero attached hydrogens (tertiary/aromatic N) is 4. The van der Waals surface area contributed by atoms with Crippen LogP contribution in [0, 0.1) is 6.92 Å². The molecule has 1 unspecified atom stereocenters. The molecule has 0 radical (unpaired) electrons. The monoisotopic (exact) mass is 279 g/mol. The van der Waals surface area contributed by atoms with Crippen molar-refractivity contribution in [3.8, 4) is 5.88 Å². The van der Waals surface area contributed by atoms with Gasteiger partial charge in [-0.05, 0) is 20.8 Å². The first-order valence-corrected chi connectivity index (χ1v) is 7.31. The topological polar surface area (TPSA) is 67.5 Å². The van der Waals surface area contributed by atoms with Crippen LogP contribution in [0.25, 0.3) is 0 Å². The first-order valence-electron chi connectivity index (χ1n) is 7.31. The maximum Gasteiger partial charge on any atom is 0.218 e. The van der Waals surface area contributed by atoms with Crippen LogP contribution in [0.1, 0.15) is 19.7 Å². The zero-order valence-corrected chi connectivity index (χ0v) is 12.7. The van der Waals surface area contributed by atoms with Gasteiger partial charge in [0.15, 0.2) is 0 Å². The number of aryl methyl sites for hydroxylation is 1. The number of piperazine rings is 1. The number of ether oxygens (including phenoxy) is 1. The van der Waals surface area contributed by atoms with E-state index >= 15 is 0 Å². The molecular weight excluding hydrogens is 254 g/mol. The van der Waals surface area contributed by atoms with E-state index in [1.807, 2.05) is 19.9 Å². The van der Waals surface area contributed by atoms with Crippen molar-refractivity contribution in [2.75, 3.05) is 44.2 Å². The Morgan fingerprint density at radius 3 is 2.60 bits per heavy atom. The van der Waals surface area contributed by atoms with Gasteiger partial charge >= 0.3 is 0 Å². The summed E-state index contributed by atoms with van der Waals surface area (Å²) in [5.41, 5.74) is 5.73.